The third kappa shape index (κ3) is 5.10. The summed E-state index contributed by atoms with van der Waals surface area (Å²) in [6, 6.07) is 14.9. The molecule has 0 saturated carbocycles. The molecule has 2 rings (SSSR count). The SMILES string of the molecule is CNCc1ccc(NC(=O)NCc2ccc(Cl)cc2)cc1. The number of carbonyl (C=O) groups is 1. The maximum atomic E-state index is 11.8. The van der Waals surface area contributed by atoms with Crippen molar-refractivity contribution in [2.24, 2.45) is 0 Å². The Bertz CT molecular complexity index is 581. The Morgan fingerprint density at radius 3 is 2.14 bits per heavy atom. The Morgan fingerprint density at radius 1 is 0.952 bits per heavy atom. The number of hydrogen-bond acceptors (Lipinski definition) is 2. The normalized spacial score (nSPS) is 10.2. The van der Waals surface area contributed by atoms with E-state index in [9.17, 15) is 4.79 Å². The lowest BCUT2D eigenvalue weighted by molar-refractivity contribution is 0.251. The van der Waals surface area contributed by atoms with Crippen molar-refractivity contribution in [3.8, 4) is 0 Å². The zero-order chi connectivity index (χ0) is 15.1. The third-order valence-electron chi connectivity index (χ3n) is 2.96. The molecule has 110 valence electrons. The van der Waals surface area contributed by atoms with Gasteiger partial charge in [-0.3, -0.25) is 0 Å². The molecule has 3 N–H and O–H groups in total. The molecule has 0 radical (unpaired) electrons. The summed E-state index contributed by atoms with van der Waals surface area (Å²) in [7, 11) is 1.90. The number of nitrogens with one attached hydrogen (secondary N) is 3. The molecule has 0 saturated heterocycles. The molecule has 0 aliphatic rings. The Kier molecular flexibility index (Phi) is 5.60. The van der Waals surface area contributed by atoms with E-state index in [0.717, 1.165) is 17.8 Å². The molecular weight excluding hydrogens is 286 g/mol. The summed E-state index contributed by atoms with van der Waals surface area (Å²) < 4.78 is 0. The van der Waals surface area contributed by atoms with Gasteiger partial charge in [-0.15, -0.1) is 0 Å². The zero-order valence-electron chi connectivity index (χ0n) is 11.8. The van der Waals surface area contributed by atoms with Crippen LogP contribution in [0.1, 0.15) is 11.1 Å². The van der Waals surface area contributed by atoms with E-state index in [1.165, 1.54) is 5.56 Å². The summed E-state index contributed by atoms with van der Waals surface area (Å²) in [6.45, 7) is 1.27. The molecule has 0 heterocycles. The van der Waals surface area contributed by atoms with Crippen LogP contribution in [0.4, 0.5) is 10.5 Å². The first-order chi connectivity index (χ1) is 10.2. The lowest BCUT2D eigenvalue weighted by Gasteiger charge is -2.08. The fourth-order valence-electron chi connectivity index (χ4n) is 1.87. The van der Waals surface area contributed by atoms with Gasteiger partial charge in [0.1, 0.15) is 0 Å². The van der Waals surface area contributed by atoms with Crippen LogP contribution in [0.3, 0.4) is 0 Å². The molecule has 0 aliphatic heterocycles. The summed E-state index contributed by atoms with van der Waals surface area (Å²) in [4.78, 5) is 11.8. The van der Waals surface area contributed by atoms with Crippen molar-refractivity contribution in [3.05, 3.63) is 64.7 Å². The van der Waals surface area contributed by atoms with Crippen molar-refractivity contribution in [1.29, 1.82) is 0 Å². The van der Waals surface area contributed by atoms with E-state index >= 15 is 0 Å². The Morgan fingerprint density at radius 2 is 1.52 bits per heavy atom. The minimum absolute atomic E-state index is 0.230. The summed E-state index contributed by atoms with van der Waals surface area (Å²) in [6.07, 6.45) is 0. The van der Waals surface area contributed by atoms with Crippen molar-refractivity contribution in [2.75, 3.05) is 12.4 Å². The van der Waals surface area contributed by atoms with Crippen LogP contribution in [0.2, 0.25) is 5.02 Å². The summed E-state index contributed by atoms with van der Waals surface area (Å²) in [5, 5.41) is 9.36. The number of carbonyl (C=O) groups excluding carboxylic acids is 1. The van der Waals surface area contributed by atoms with Crippen LogP contribution in [-0.4, -0.2) is 13.1 Å². The predicted octanol–water partition coefficient (Wildman–Crippen LogP) is 3.38. The van der Waals surface area contributed by atoms with E-state index in [4.69, 9.17) is 11.6 Å². The van der Waals surface area contributed by atoms with Gasteiger partial charge >= 0.3 is 6.03 Å². The highest BCUT2D eigenvalue weighted by Gasteiger charge is 2.02. The van der Waals surface area contributed by atoms with Gasteiger partial charge in [-0.05, 0) is 42.4 Å². The smallest absolute Gasteiger partial charge is 0.319 e. The highest BCUT2D eigenvalue weighted by molar-refractivity contribution is 6.30. The van der Waals surface area contributed by atoms with Gasteiger partial charge in [-0.2, -0.15) is 0 Å². The minimum Gasteiger partial charge on any atom is -0.334 e. The van der Waals surface area contributed by atoms with Gasteiger partial charge < -0.3 is 16.0 Å². The van der Waals surface area contributed by atoms with Gasteiger partial charge in [-0.25, -0.2) is 4.79 Å². The highest BCUT2D eigenvalue weighted by Crippen LogP contribution is 2.10. The van der Waals surface area contributed by atoms with Gasteiger partial charge in [0.25, 0.3) is 0 Å². The summed E-state index contributed by atoms with van der Waals surface area (Å²) in [5.41, 5.74) is 2.94. The molecule has 0 aliphatic carbocycles. The average Bonchev–Trinajstić information content (AvgIpc) is 2.49. The molecule has 0 spiro atoms. The van der Waals surface area contributed by atoms with Crippen LogP contribution >= 0.6 is 11.6 Å². The summed E-state index contributed by atoms with van der Waals surface area (Å²) >= 11 is 5.81. The molecule has 0 aromatic heterocycles. The fourth-order valence-corrected chi connectivity index (χ4v) is 2.00. The molecule has 0 fully saturated rings. The molecule has 4 nitrogen and oxygen atoms in total. The molecule has 0 atom stereocenters. The molecular formula is C16H18ClN3O. The van der Waals surface area contributed by atoms with E-state index in [0.29, 0.717) is 11.6 Å². The van der Waals surface area contributed by atoms with Crippen molar-refractivity contribution >= 4 is 23.3 Å². The van der Waals surface area contributed by atoms with Gasteiger partial charge in [0, 0.05) is 23.8 Å². The predicted molar refractivity (Wildman–Crippen MR) is 86.5 cm³/mol. The second-order valence-electron chi connectivity index (χ2n) is 4.66. The van der Waals surface area contributed by atoms with Crippen LogP contribution in [0.25, 0.3) is 0 Å². The van der Waals surface area contributed by atoms with Crippen molar-refractivity contribution < 1.29 is 4.79 Å². The lowest BCUT2D eigenvalue weighted by Crippen LogP contribution is -2.28. The number of hydrogen-bond donors (Lipinski definition) is 3. The monoisotopic (exact) mass is 303 g/mol. The number of rotatable bonds is 5. The molecule has 0 bridgehead atoms. The lowest BCUT2D eigenvalue weighted by atomic mass is 10.2. The van der Waals surface area contributed by atoms with E-state index in [2.05, 4.69) is 16.0 Å². The van der Waals surface area contributed by atoms with Crippen LogP contribution in [0.5, 0.6) is 0 Å². The minimum atomic E-state index is -0.230. The summed E-state index contributed by atoms with van der Waals surface area (Å²) in [5.74, 6) is 0. The maximum absolute atomic E-state index is 11.8. The van der Waals surface area contributed by atoms with Gasteiger partial charge in [0.15, 0.2) is 0 Å². The number of urea groups is 1. The number of halogens is 1. The molecule has 2 amide bonds. The van der Waals surface area contributed by atoms with E-state index in [-0.39, 0.29) is 6.03 Å². The molecule has 21 heavy (non-hydrogen) atoms. The second kappa shape index (κ2) is 7.67. The zero-order valence-corrected chi connectivity index (χ0v) is 12.6. The first-order valence-electron chi connectivity index (χ1n) is 6.70. The van der Waals surface area contributed by atoms with Gasteiger partial charge in [0.2, 0.25) is 0 Å². The van der Waals surface area contributed by atoms with Crippen LogP contribution in [0.15, 0.2) is 48.5 Å². The van der Waals surface area contributed by atoms with E-state index in [1.807, 2.05) is 43.4 Å². The van der Waals surface area contributed by atoms with Crippen LogP contribution in [0, 0.1) is 0 Å². The first kappa shape index (κ1) is 15.4. The fraction of sp³-hybridized carbons (Fsp3) is 0.188. The van der Waals surface area contributed by atoms with Crippen molar-refractivity contribution in [2.45, 2.75) is 13.1 Å². The molecule has 2 aromatic carbocycles. The number of anilines is 1. The Hall–Kier alpha value is -2.04. The second-order valence-corrected chi connectivity index (χ2v) is 5.10. The average molecular weight is 304 g/mol. The van der Waals surface area contributed by atoms with Gasteiger partial charge in [-0.1, -0.05) is 35.9 Å². The van der Waals surface area contributed by atoms with E-state index in [1.54, 1.807) is 12.1 Å². The molecule has 2 aromatic rings. The standard InChI is InChI=1S/C16H18ClN3O/c1-18-10-12-4-8-15(9-5-12)20-16(21)19-11-13-2-6-14(17)7-3-13/h2-9,18H,10-11H2,1H3,(H2,19,20,21). The van der Waals surface area contributed by atoms with Crippen LogP contribution < -0.4 is 16.0 Å². The third-order valence-corrected chi connectivity index (χ3v) is 3.21. The molecule has 0 unspecified atom stereocenters. The maximum Gasteiger partial charge on any atom is 0.319 e. The Labute approximate surface area is 129 Å². The van der Waals surface area contributed by atoms with Crippen molar-refractivity contribution in [3.63, 3.8) is 0 Å². The highest BCUT2D eigenvalue weighted by atomic mass is 35.5. The molecule has 5 heteroatoms. The number of amides is 2. The topological polar surface area (TPSA) is 53.2 Å². The number of benzene rings is 2. The quantitative estimate of drug-likeness (QED) is 0.793. The Balaban J connectivity index is 1.82. The van der Waals surface area contributed by atoms with E-state index < -0.39 is 0 Å². The first-order valence-corrected chi connectivity index (χ1v) is 7.08. The van der Waals surface area contributed by atoms with Gasteiger partial charge in [0.05, 0.1) is 0 Å². The van der Waals surface area contributed by atoms with Crippen molar-refractivity contribution in [1.82, 2.24) is 10.6 Å². The largest absolute Gasteiger partial charge is 0.334 e. The van der Waals surface area contributed by atoms with Crippen LogP contribution in [-0.2, 0) is 13.1 Å².